The van der Waals surface area contributed by atoms with Crippen LogP contribution < -0.4 is 10.6 Å². The van der Waals surface area contributed by atoms with Gasteiger partial charge in [0.2, 0.25) is 14.7 Å². The summed E-state index contributed by atoms with van der Waals surface area (Å²) in [6.45, 7) is 5.75. The third-order valence-corrected chi connectivity index (χ3v) is 10.5. The molecule has 40 heavy (non-hydrogen) atoms. The van der Waals surface area contributed by atoms with Crippen molar-refractivity contribution in [1.82, 2.24) is 15.5 Å². The summed E-state index contributed by atoms with van der Waals surface area (Å²) in [7, 11) is -7.10. The topological polar surface area (TPSA) is 122 Å². The number of nitrogens with one attached hydrogen (secondary N) is 2. The lowest BCUT2D eigenvalue weighted by Crippen LogP contribution is -2.32. The molecule has 0 aromatic carbocycles. The van der Waals surface area contributed by atoms with E-state index < -0.39 is 14.7 Å². The number of rotatable bonds is 32. The van der Waals surface area contributed by atoms with Crippen LogP contribution in [0.25, 0.3) is 0 Å². The largest absolute Gasteiger partial charge is 0.395 e. The minimum Gasteiger partial charge on any atom is -0.395 e. The van der Waals surface area contributed by atoms with Gasteiger partial charge in [-0.2, -0.15) is 0 Å². The Labute approximate surface area is 247 Å². The SMILES string of the molecule is CCCCCCCCCCCCNCP(=O)(O)CN(CCO)CP(=O)(O)CNCCCCCCCCCCCC. The van der Waals surface area contributed by atoms with Crippen LogP contribution in [0.5, 0.6) is 0 Å². The second kappa shape index (κ2) is 28.0. The molecule has 0 rings (SSSR count). The fourth-order valence-corrected chi connectivity index (χ4v) is 8.14. The van der Waals surface area contributed by atoms with Gasteiger partial charge in [-0.25, -0.2) is 0 Å². The summed E-state index contributed by atoms with van der Waals surface area (Å²) in [6, 6.07) is 0. The summed E-state index contributed by atoms with van der Waals surface area (Å²) >= 11 is 0. The molecule has 0 saturated heterocycles. The Balaban J connectivity index is 3.98. The highest BCUT2D eigenvalue weighted by molar-refractivity contribution is 7.58. The van der Waals surface area contributed by atoms with Gasteiger partial charge in [-0.05, 0) is 25.9 Å². The van der Waals surface area contributed by atoms with Gasteiger partial charge in [0.05, 0.1) is 31.8 Å². The maximum atomic E-state index is 12.7. The molecule has 5 N–H and O–H groups in total. The van der Waals surface area contributed by atoms with Crippen molar-refractivity contribution < 1.29 is 24.0 Å². The minimum atomic E-state index is -3.55. The van der Waals surface area contributed by atoms with Crippen molar-refractivity contribution in [2.45, 2.75) is 142 Å². The smallest absolute Gasteiger partial charge is 0.227 e. The number of aliphatic hydroxyl groups is 1. The molecule has 0 saturated carbocycles. The van der Waals surface area contributed by atoms with Crippen LogP contribution >= 0.6 is 14.7 Å². The second-order valence-electron chi connectivity index (χ2n) is 11.8. The Kier molecular flexibility index (Phi) is 28.2. The molecule has 2 unspecified atom stereocenters. The number of nitrogens with zero attached hydrogens (tertiary/aromatic N) is 1. The number of aliphatic hydroxyl groups excluding tert-OH is 1. The van der Waals surface area contributed by atoms with Crippen molar-refractivity contribution in [2.75, 3.05) is 51.4 Å². The maximum Gasteiger partial charge on any atom is 0.227 e. The fourth-order valence-electron chi connectivity index (χ4n) is 5.03. The quantitative estimate of drug-likeness (QED) is 0.0388. The molecule has 0 fully saturated rings. The highest BCUT2D eigenvalue weighted by Crippen LogP contribution is 2.44. The van der Waals surface area contributed by atoms with Crippen LogP contribution in [0.15, 0.2) is 0 Å². The summed E-state index contributed by atoms with van der Waals surface area (Å²) in [5.74, 6) is 0. The molecule has 242 valence electrons. The van der Waals surface area contributed by atoms with E-state index >= 15 is 0 Å². The first-order chi connectivity index (χ1) is 19.3. The zero-order chi connectivity index (χ0) is 29.8. The van der Waals surface area contributed by atoms with Crippen molar-refractivity contribution >= 4 is 14.7 Å². The Bertz CT molecular complexity index is 592. The van der Waals surface area contributed by atoms with E-state index in [2.05, 4.69) is 24.5 Å². The third kappa shape index (κ3) is 28.3. The molecule has 0 aliphatic heterocycles. The summed E-state index contributed by atoms with van der Waals surface area (Å²) in [6.07, 6.45) is 24.6. The lowest BCUT2D eigenvalue weighted by atomic mass is 10.1. The molecule has 8 nitrogen and oxygen atoms in total. The molecule has 10 heteroatoms. The maximum absolute atomic E-state index is 12.7. The normalized spacial score (nSPS) is 14.9. The van der Waals surface area contributed by atoms with E-state index in [-0.39, 0.29) is 38.3 Å². The number of hydrogen-bond acceptors (Lipinski definition) is 6. The predicted octanol–water partition coefficient (Wildman–Crippen LogP) is 7.67. The lowest BCUT2D eigenvalue weighted by molar-refractivity contribution is 0.223. The minimum absolute atomic E-state index is 0.0148. The molecule has 0 radical (unpaired) electrons. The van der Waals surface area contributed by atoms with E-state index in [0.717, 1.165) is 25.7 Å². The molecular weight excluding hydrogens is 544 g/mol. The van der Waals surface area contributed by atoms with Crippen LogP contribution in [0.3, 0.4) is 0 Å². The van der Waals surface area contributed by atoms with Crippen LogP contribution in [0.2, 0.25) is 0 Å². The van der Waals surface area contributed by atoms with Crippen LogP contribution in [0.4, 0.5) is 0 Å². The molecule has 0 spiro atoms. The Morgan fingerprint density at radius 2 is 0.825 bits per heavy atom. The zero-order valence-electron chi connectivity index (χ0n) is 26.3. The molecule has 2 atom stereocenters. The van der Waals surface area contributed by atoms with Crippen LogP contribution in [-0.4, -0.2) is 71.2 Å². The average Bonchev–Trinajstić information content (AvgIpc) is 2.89. The first-order valence-electron chi connectivity index (χ1n) is 16.6. The summed E-state index contributed by atoms with van der Waals surface area (Å²) in [5.41, 5.74) is 0. The Morgan fingerprint density at radius 1 is 0.525 bits per heavy atom. The van der Waals surface area contributed by atoms with Gasteiger partial charge in [0, 0.05) is 6.54 Å². The van der Waals surface area contributed by atoms with Gasteiger partial charge in [0.25, 0.3) is 0 Å². The highest BCUT2D eigenvalue weighted by atomic mass is 31.2. The van der Waals surface area contributed by atoms with Gasteiger partial charge in [0.15, 0.2) is 0 Å². The van der Waals surface area contributed by atoms with Gasteiger partial charge < -0.3 is 25.5 Å². The van der Waals surface area contributed by atoms with Crippen molar-refractivity contribution in [3.05, 3.63) is 0 Å². The van der Waals surface area contributed by atoms with Gasteiger partial charge in [-0.3, -0.25) is 14.0 Å². The van der Waals surface area contributed by atoms with Gasteiger partial charge in [-0.15, -0.1) is 0 Å². The zero-order valence-corrected chi connectivity index (χ0v) is 28.1. The van der Waals surface area contributed by atoms with Crippen LogP contribution in [-0.2, 0) is 9.13 Å². The summed E-state index contributed by atoms with van der Waals surface area (Å²) < 4.78 is 25.4. The first-order valence-corrected chi connectivity index (χ1v) is 20.7. The molecule has 0 bridgehead atoms. The lowest BCUT2D eigenvalue weighted by Gasteiger charge is -2.26. The Morgan fingerprint density at radius 3 is 1.12 bits per heavy atom. The highest BCUT2D eigenvalue weighted by Gasteiger charge is 2.27. The molecule has 0 aromatic heterocycles. The van der Waals surface area contributed by atoms with Crippen molar-refractivity contribution in [3.63, 3.8) is 0 Å². The molecule has 0 aliphatic carbocycles. The van der Waals surface area contributed by atoms with Crippen molar-refractivity contribution in [2.24, 2.45) is 0 Å². The molecular formula is C30H67N3O5P2. The van der Waals surface area contributed by atoms with E-state index in [4.69, 9.17) is 0 Å². The predicted molar refractivity (Wildman–Crippen MR) is 173 cm³/mol. The standard InChI is InChI=1S/C30H67N3O5P2/c1-3-5-7-9-11-13-15-17-19-21-23-31-27-39(35,36)29-33(25-26-34)30-40(37,38)28-32-24-22-20-18-16-14-12-10-8-6-4-2/h31-32,34H,3-30H2,1-2H3,(H,35,36)(H,37,38). The molecule has 0 heterocycles. The average molecular weight is 612 g/mol. The van der Waals surface area contributed by atoms with Crippen molar-refractivity contribution in [1.29, 1.82) is 0 Å². The van der Waals surface area contributed by atoms with E-state index in [1.807, 2.05) is 0 Å². The monoisotopic (exact) mass is 611 g/mol. The second-order valence-corrected chi connectivity index (χ2v) is 16.4. The molecule has 0 aromatic rings. The van der Waals surface area contributed by atoms with E-state index in [1.165, 1.54) is 108 Å². The van der Waals surface area contributed by atoms with Crippen LogP contribution in [0, 0.1) is 0 Å². The van der Waals surface area contributed by atoms with Gasteiger partial charge in [0.1, 0.15) is 0 Å². The van der Waals surface area contributed by atoms with E-state index in [1.54, 1.807) is 0 Å². The Hall–Kier alpha value is 0.220. The first kappa shape index (κ1) is 40.2. The third-order valence-electron chi connectivity index (χ3n) is 7.39. The van der Waals surface area contributed by atoms with Gasteiger partial charge >= 0.3 is 0 Å². The van der Waals surface area contributed by atoms with E-state index in [9.17, 15) is 24.0 Å². The van der Waals surface area contributed by atoms with Gasteiger partial charge in [-0.1, -0.05) is 129 Å². The number of hydrogen-bond donors (Lipinski definition) is 5. The number of unbranched alkanes of at least 4 members (excludes halogenated alkanes) is 18. The fraction of sp³-hybridized carbons (Fsp3) is 1.00. The van der Waals surface area contributed by atoms with Crippen LogP contribution in [0.1, 0.15) is 142 Å². The summed E-state index contributed by atoms with van der Waals surface area (Å²) in [4.78, 5) is 22.3. The van der Waals surface area contributed by atoms with E-state index in [0.29, 0.717) is 13.1 Å². The van der Waals surface area contributed by atoms with Crippen molar-refractivity contribution in [3.8, 4) is 0 Å². The summed E-state index contributed by atoms with van der Waals surface area (Å²) in [5, 5.41) is 15.6. The molecule has 0 aliphatic rings. The molecule has 0 amide bonds.